The number of benzene rings is 1. The Morgan fingerprint density at radius 2 is 1.88 bits per heavy atom. The van der Waals surface area contributed by atoms with E-state index in [0.29, 0.717) is 12.1 Å². The van der Waals surface area contributed by atoms with E-state index in [1.54, 1.807) is 0 Å². The van der Waals surface area contributed by atoms with E-state index in [2.05, 4.69) is 19.9 Å². The minimum absolute atomic E-state index is 0.0565. The predicted molar refractivity (Wildman–Crippen MR) is 95.6 cm³/mol. The summed E-state index contributed by atoms with van der Waals surface area (Å²) in [5.41, 5.74) is 4.44. The molecule has 0 unspecified atom stereocenters. The maximum atomic E-state index is 12.9. The summed E-state index contributed by atoms with van der Waals surface area (Å²) in [4.78, 5) is 31.5. The van der Waals surface area contributed by atoms with Crippen molar-refractivity contribution in [2.24, 2.45) is 0 Å². The quantitative estimate of drug-likeness (QED) is 0.781. The van der Waals surface area contributed by atoms with Crippen molar-refractivity contribution in [1.29, 1.82) is 0 Å². The molecular weight excluding hydrogens is 314 g/mol. The lowest BCUT2D eigenvalue weighted by molar-refractivity contribution is 0.0790. The lowest BCUT2D eigenvalue weighted by Gasteiger charge is -2.16. The molecule has 0 radical (unpaired) electrons. The van der Waals surface area contributed by atoms with Gasteiger partial charge >= 0.3 is 0 Å². The second-order valence-corrected chi connectivity index (χ2v) is 6.80. The molecule has 1 fully saturated rings. The number of likely N-dealkylation sites (tertiary alicyclic amines) is 1. The number of nitrogens with one attached hydrogen (secondary N) is 1. The van der Waals surface area contributed by atoms with Crippen LogP contribution in [0.1, 0.15) is 45.7 Å². The van der Waals surface area contributed by atoms with Crippen LogP contribution in [0.4, 0.5) is 0 Å². The normalized spacial score (nSPS) is 17.4. The zero-order chi connectivity index (χ0) is 17.6. The van der Waals surface area contributed by atoms with Gasteiger partial charge in [-0.2, -0.15) is 0 Å². The lowest BCUT2D eigenvalue weighted by Crippen LogP contribution is -2.28. The number of nitrogens with zero attached hydrogens (tertiary/aromatic N) is 4. The Morgan fingerprint density at radius 3 is 2.64 bits per heavy atom. The van der Waals surface area contributed by atoms with Crippen molar-refractivity contribution in [3.63, 3.8) is 0 Å². The summed E-state index contributed by atoms with van der Waals surface area (Å²) >= 11 is 0. The van der Waals surface area contributed by atoms with E-state index in [-0.39, 0.29) is 11.8 Å². The van der Waals surface area contributed by atoms with Crippen LogP contribution in [0, 0.1) is 20.8 Å². The largest absolute Gasteiger partial charge is 0.342 e. The molecule has 25 heavy (non-hydrogen) atoms. The van der Waals surface area contributed by atoms with Crippen molar-refractivity contribution in [2.45, 2.75) is 33.1 Å². The van der Waals surface area contributed by atoms with Crippen LogP contribution >= 0.6 is 0 Å². The topological polar surface area (TPSA) is 74.8 Å². The summed E-state index contributed by atoms with van der Waals surface area (Å²) in [7, 11) is 0. The molecule has 1 N–H and O–H groups in total. The fourth-order valence-corrected chi connectivity index (χ4v) is 3.54. The van der Waals surface area contributed by atoms with Gasteiger partial charge in [0.2, 0.25) is 0 Å². The Bertz CT molecular complexity index is 941. The zero-order valence-electron chi connectivity index (χ0n) is 14.7. The summed E-state index contributed by atoms with van der Waals surface area (Å²) in [6, 6.07) is 7.61. The Balaban J connectivity index is 1.54. The van der Waals surface area contributed by atoms with Crippen molar-refractivity contribution in [1.82, 2.24) is 24.8 Å². The second-order valence-electron chi connectivity index (χ2n) is 6.80. The van der Waals surface area contributed by atoms with Crippen molar-refractivity contribution < 1.29 is 4.79 Å². The number of imidazole rings is 1. The minimum atomic E-state index is 0.0565. The van der Waals surface area contributed by atoms with Crippen molar-refractivity contribution in [3.8, 4) is 0 Å². The van der Waals surface area contributed by atoms with Gasteiger partial charge in [-0.05, 0) is 51.5 Å². The third kappa shape index (κ3) is 2.99. The molecule has 3 aromatic rings. The van der Waals surface area contributed by atoms with E-state index in [1.165, 1.54) is 0 Å². The summed E-state index contributed by atoms with van der Waals surface area (Å²) in [5, 5.41) is 0. The molecule has 6 heteroatoms. The number of hydrogen-bond donors (Lipinski definition) is 1. The van der Waals surface area contributed by atoms with Gasteiger partial charge in [0.15, 0.2) is 0 Å². The molecule has 0 saturated carbocycles. The number of aromatic nitrogens is 4. The van der Waals surface area contributed by atoms with Crippen LogP contribution in [-0.2, 0) is 0 Å². The van der Waals surface area contributed by atoms with Gasteiger partial charge in [0.25, 0.3) is 5.91 Å². The summed E-state index contributed by atoms with van der Waals surface area (Å²) in [6.07, 6.45) is 0.903. The fraction of sp³-hybridized carbons (Fsp3) is 0.368. The van der Waals surface area contributed by atoms with Gasteiger partial charge in [0.05, 0.1) is 11.0 Å². The highest BCUT2D eigenvalue weighted by atomic mass is 16.2. The van der Waals surface area contributed by atoms with Gasteiger partial charge in [0.1, 0.15) is 11.6 Å². The molecule has 1 aliphatic rings. The molecule has 6 nitrogen and oxygen atoms in total. The van der Waals surface area contributed by atoms with Crippen LogP contribution < -0.4 is 0 Å². The van der Waals surface area contributed by atoms with E-state index in [1.807, 2.05) is 49.9 Å². The number of fused-ring (bicyclic) bond motifs is 1. The summed E-state index contributed by atoms with van der Waals surface area (Å²) < 4.78 is 0. The lowest BCUT2D eigenvalue weighted by atomic mass is 10.1. The van der Waals surface area contributed by atoms with Crippen LogP contribution in [0.3, 0.4) is 0 Å². The molecule has 1 atom stereocenters. The van der Waals surface area contributed by atoms with Crippen LogP contribution in [-0.4, -0.2) is 43.8 Å². The summed E-state index contributed by atoms with van der Waals surface area (Å²) in [6.45, 7) is 7.29. The maximum Gasteiger partial charge on any atom is 0.253 e. The van der Waals surface area contributed by atoms with Crippen molar-refractivity contribution in [3.05, 3.63) is 52.9 Å². The van der Waals surface area contributed by atoms with Crippen LogP contribution in [0.15, 0.2) is 24.3 Å². The Kier molecular flexibility index (Phi) is 3.75. The van der Waals surface area contributed by atoms with Gasteiger partial charge in [-0.3, -0.25) is 4.79 Å². The molecule has 0 aliphatic carbocycles. The standard InChI is InChI=1S/C19H21N5O/c1-11-8-12(2)21-18(20-11)15-6-7-24(10-15)19(25)14-4-5-16-17(9-14)23-13(3)22-16/h4-5,8-9,15H,6-7,10H2,1-3H3,(H,22,23)/t15-/m1/s1. The molecule has 3 heterocycles. The molecule has 1 aliphatic heterocycles. The second kappa shape index (κ2) is 5.95. The van der Waals surface area contributed by atoms with Crippen LogP contribution in [0.2, 0.25) is 0 Å². The number of aromatic amines is 1. The first kappa shape index (κ1) is 15.7. The number of hydrogen-bond acceptors (Lipinski definition) is 4. The molecule has 128 valence electrons. The molecular formula is C19H21N5O. The molecule has 1 amide bonds. The highest BCUT2D eigenvalue weighted by molar-refractivity contribution is 5.97. The third-order valence-corrected chi connectivity index (χ3v) is 4.69. The Morgan fingerprint density at radius 1 is 1.12 bits per heavy atom. The number of rotatable bonds is 2. The molecule has 0 spiro atoms. The Labute approximate surface area is 146 Å². The molecule has 0 bridgehead atoms. The SMILES string of the molecule is Cc1cc(C)nc([C@@H]2CCN(C(=O)c3ccc4nc(C)[nH]c4c3)C2)n1. The average Bonchev–Trinajstić information content (AvgIpc) is 3.18. The number of carbonyl (C=O) groups is 1. The number of amides is 1. The monoisotopic (exact) mass is 335 g/mol. The Hall–Kier alpha value is -2.76. The number of carbonyl (C=O) groups excluding carboxylic acids is 1. The molecule has 4 rings (SSSR count). The van der Waals surface area contributed by atoms with Crippen LogP contribution in [0.25, 0.3) is 11.0 Å². The first-order valence-corrected chi connectivity index (χ1v) is 8.57. The van der Waals surface area contributed by atoms with Crippen LogP contribution in [0.5, 0.6) is 0 Å². The summed E-state index contributed by atoms with van der Waals surface area (Å²) in [5.74, 6) is 1.97. The van der Waals surface area contributed by atoms with Gasteiger partial charge in [0, 0.05) is 36.0 Å². The number of H-pyrrole nitrogens is 1. The smallest absolute Gasteiger partial charge is 0.253 e. The fourth-order valence-electron chi connectivity index (χ4n) is 3.54. The van der Waals surface area contributed by atoms with E-state index in [9.17, 15) is 4.79 Å². The van der Waals surface area contributed by atoms with Gasteiger partial charge in [-0.15, -0.1) is 0 Å². The van der Waals surface area contributed by atoms with E-state index in [0.717, 1.165) is 47.0 Å². The molecule has 1 aromatic carbocycles. The highest BCUT2D eigenvalue weighted by Crippen LogP contribution is 2.27. The first-order valence-electron chi connectivity index (χ1n) is 8.57. The van der Waals surface area contributed by atoms with Crippen molar-refractivity contribution in [2.75, 3.05) is 13.1 Å². The highest BCUT2D eigenvalue weighted by Gasteiger charge is 2.30. The van der Waals surface area contributed by atoms with Gasteiger partial charge in [-0.1, -0.05) is 0 Å². The van der Waals surface area contributed by atoms with E-state index < -0.39 is 0 Å². The van der Waals surface area contributed by atoms with Crippen molar-refractivity contribution >= 4 is 16.9 Å². The third-order valence-electron chi connectivity index (χ3n) is 4.69. The average molecular weight is 335 g/mol. The van der Waals surface area contributed by atoms with Gasteiger partial charge < -0.3 is 9.88 Å². The van der Waals surface area contributed by atoms with Gasteiger partial charge in [-0.25, -0.2) is 15.0 Å². The van der Waals surface area contributed by atoms with E-state index in [4.69, 9.17) is 0 Å². The predicted octanol–water partition coefficient (Wildman–Crippen LogP) is 2.91. The molecule has 1 saturated heterocycles. The minimum Gasteiger partial charge on any atom is -0.342 e. The number of aryl methyl sites for hydroxylation is 3. The van der Waals surface area contributed by atoms with E-state index >= 15 is 0 Å². The molecule has 2 aromatic heterocycles. The zero-order valence-corrected chi connectivity index (χ0v) is 14.7. The first-order chi connectivity index (χ1) is 12.0. The maximum absolute atomic E-state index is 12.9.